The molecule has 0 unspecified atom stereocenters. The molecule has 1 aliphatic rings. The largest absolute Gasteiger partial charge is 0.396 e. The molecule has 0 spiro atoms. The Balaban J connectivity index is 2.62. The molecule has 1 aliphatic heterocycles. The normalized spacial score (nSPS) is 19.5. The molecule has 0 aliphatic carbocycles. The van der Waals surface area contributed by atoms with E-state index >= 15 is 0 Å². The maximum Gasteiger partial charge on any atom is 0.346 e. The fraction of sp³-hybridized carbons (Fsp3) is 1.00. The summed E-state index contributed by atoms with van der Waals surface area (Å²) in [4.78, 5) is 0. The van der Waals surface area contributed by atoms with E-state index < -0.39 is 7.67 Å². The molecule has 0 aromatic rings. The molecule has 0 aromatic carbocycles. The van der Waals surface area contributed by atoms with Gasteiger partial charge in [0, 0.05) is 44.5 Å². The highest BCUT2D eigenvalue weighted by molar-refractivity contribution is 7.54. The van der Waals surface area contributed by atoms with Crippen LogP contribution in [0.5, 0.6) is 0 Å². The van der Waals surface area contributed by atoms with Crippen LogP contribution in [0.25, 0.3) is 0 Å². The van der Waals surface area contributed by atoms with E-state index in [4.69, 9.17) is 32.8 Å². The molecule has 1 saturated heterocycles. The minimum atomic E-state index is -2.97. The lowest BCUT2D eigenvalue weighted by Crippen LogP contribution is -2.29. The molecule has 1 heterocycles. The Bertz CT molecular complexity index is 261. The van der Waals surface area contributed by atoms with Gasteiger partial charge in [-0.05, 0) is 6.42 Å². The smallest absolute Gasteiger partial charge is 0.346 e. The van der Waals surface area contributed by atoms with E-state index in [1.807, 2.05) is 0 Å². The van der Waals surface area contributed by atoms with Gasteiger partial charge in [-0.25, -0.2) is 9.34 Å². The molecular formula is C9H19Cl2N2O3P. The van der Waals surface area contributed by atoms with Gasteiger partial charge in [0.2, 0.25) is 0 Å². The Labute approximate surface area is 112 Å². The summed E-state index contributed by atoms with van der Waals surface area (Å²) in [7, 11) is -2.97. The predicted octanol–water partition coefficient (Wildman–Crippen LogP) is 1.59. The minimum absolute atomic E-state index is 0.0328. The molecule has 1 atom stereocenters. The number of rotatable bonds is 10. The first kappa shape index (κ1) is 15.7. The van der Waals surface area contributed by atoms with Crippen molar-refractivity contribution < 1.29 is 14.2 Å². The van der Waals surface area contributed by atoms with E-state index in [1.54, 1.807) is 9.34 Å². The summed E-state index contributed by atoms with van der Waals surface area (Å²) < 4.78 is 21.8. The van der Waals surface area contributed by atoms with Gasteiger partial charge >= 0.3 is 7.67 Å². The molecule has 102 valence electrons. The van der Waals surface area contributed by atoms with Crippen molar-refractivity contribution >= 4 is 30.9 Å². The van der Waals surface area contributed by atoms with Gasteiger partial charge in [-0.15, -0.1) is 23.2 Å². The van der Waals surface area contributed by atoms with Gasteiger partial charge in [0.1, 0.15) is 0 Å². The van der Waals surface area contributed by atoms with Crippen LogP contribution in [-0.2, 0) is 9.09 Å². The summed E-state index contributed by atoms with van der Waals surface area (Å²) in [5, 5.41) is 8.72. The van der Waals surface area contributed by atoms with Gasteiger partial charge in [0.05, 0.1) is 6.61 Å². The number of halogens is 2. The fourth-order valence-corrected chi connectivity index (χ4v) is 4.44. The van der Waals surface area contributed by atoms with Crippen molar-refractivity contribution in [2.45, 2.75) is 6.42 Å². The van der Waals surface area contributed by atoms with E-state index in [2.05, 4.69) is 0 Å². The molecular weight excluding hydrogens is 286 g/mol. The summed E-state index contributed by atoms with van der Waals surface area (Å²) in [5.41, 5.74) is 0. The van der Waals surface area contributed by atoms with Crippen LogP contribution in [0.15, 0.2) is 0 Å². The summed E-state index contributed by atoms with van der Waals surface area (Å²) >= 11 is 11.4. The van der Waals surface area contributed by atoms with Crippen LogP contribution >= 0.6 is 30.9 Å². The van der Waals surface area contributed by atoms with Gasteiger partial charge < -0.3 is 9.63 Å². The Hall–Kier alpha value is 0.650. The Morgan fingerprint density at radius 3 is 2.29 bits per heavy atom. The number of hydrogen-bond donors (Lipinski definition) is 1. The molecule has 0 radical (unpaired) electrons. The lowest BCUT2D eigenvalue weighted by atomic mass is 10.5. The number of aliphatic hydroxyl groups is 1. The molecule has 0 amide bonds. The zero-order chi connectivity index (χ0) is 12.7. The van der Waals surface area contributed by atoms with Crippen LogP contribution < -0.4 is 0 Å². The van der Waals surface area contributed by atoms with E-state index in [0.29, 0.717) is 31.3 Å². The summed E-state index contributed by atoms with van der Waals surface area (Å²) in [6.45, 7) is 2.84. The second kappa shape index (κ2) is 7.95. The first-order valence-corrected chi connectivity index (χ1v) is 8.27. The molecule has 1 N–H and O–H groups in total. The lowest BCUT2D eigenvalue weighted by Gasteiger charge is -2.30. The maximum atomic E-state index is 12.8. The number of aliphatic hydroxyl groups excluding tert-OH is 1. The third kappa shape index (κ3) is 4.67. The van der Waals surface area contributed by atoms with Crippen molar-refractivity contribution in [2.75, 3.05) is 51.2 Å². The molecule has 8 heteroatoms. The fourth-order valence-electron chi connectivity index (χ4n) is 1.45. The average Bonchev–Trinajstić information content (AvgIpc) is 3.13. The zero-order valence-electron chi connectivity index (χ0n) is 9.73. The van der Waals surface area contributed by atoms with Crippen molar-refractivity contribution in [1.82, 2.24) is 9.34 Å². The second-order valence-electron chi connectivity index (χ2n) is 3.69. The topological polar surface area (TPSA) is 52.8 Å². The average molecular weight is 305 g/mol. The SMILES string of the molecule is O=[P@](OCCCO)(N(CCCl)CCCl)N1CC1. The van der Waals surface area contributed by atoms with Gasteiger partial charge in [-0.2, -0.15) is 0 Å². The third-order valence-corrected chi connectivity index (χ3v) is 5.47. The summed E-state index contributed by atoms with van der Waals surface area (Å²) in [5.74, 6) is 0.774. The molecule has 1 rings (SSSR count). The number of hydrogen-bond acceptors (Lipinski definition) is 3. The van der Waals surface area contributed by atoms with E-state index in [-0.39, 0.29) is 13.2 Å². The Morgan fingerprint density at radius 2 is 1.88 bits per heavy atom. The summed E-state index contributed by atoms with van der Waals surface area (Å²) in [6.07, 6.45) is 0.480. The number of alkyl halides is 2. The van der Waals surface area contributed by atoms with Gasteiger partial charge in [-0.1, -0.05) is 0 Å². The van der Waals surface area contributed by atoms with Crippen LogP contribution in [0.2, 0.25) is 0 Å². The van der Waals surface area contributed by atoms with Crippen LogP contribution in [0, 0.1) is 0 Å². The van der Waals surface area contributed by atoms with Crippen molar-refractivity contribution in [1.29, 1.82) is 0 Å². The van der Waals surface area contributed by atoms with Crippen molar-refractivity contribution in [3.63, 3.8) is 0 Å². The minimum Gasteiger partial charge on any atom is -0.396 e. The van der Waals surface area contributed by atoms with Crippen molar-refractivity contribution in [3.05, 3.63) is 0 Å². The van der Waals surface area contributed by atoms with Crippen molar-refractivity contribution in [2.24, 2.45) is 0 Å². The van der Waals surface area contributed by atoms with Gasteiger partial charge in [0.25, 0.3) is 0 Å². The van der Waals surface area contributed by atoms with Gasteiger partial charge in [-0.3, -0.25) is 4.57 Å². The van der Waals surface area contributed by atoms with E-state index in [1.165, 1.54) is 0 Å². The Kier molecular flexibility index (Phi) is 7.34. The maximum absolute atomic E-state index is 12.8. The number of nitrogens with zero attached hydrogens (tertiary/aromatic N) is 2. The first-order valence-electron chi connectivity index (χ1n) is 5.67. The predicted molar refractivity (Wildman–Crippen MR) is 69.8 cm³/mol. The molecule has 5 nitrogen and oxygen atoms in total. The van der Waals surface area contributed by atoms with Crippen LogP contribution in [0.1, 0.15) is 6.42 Å². The van der Waals surface area contributed by atoms with E-state index in [0.717, 1.165) is 13.1 Å². The highest BCUT2D eigenvalue weighted by Gasteiger charge is 2.44. The lowest BCUT2D eigenvalue weighted by molar-refractivity contribution is 0.206. The van der Waals surface area contributed by atoms with E-state index in [9.17, 15) is 4.57 Å². The highest BCUT2D eigenvalue weighted by atomic mass is 35.5. The molecule has 1 fully saturated rings. The second-order valence-corrected chi connectivity index (χ2v) is 6.81. The summed E-state index contributed by atoms with van der Waals surface area (Å²) in [6, 6.07) is 0. The first-order chi connectivity index (χ1) is 8.19. The van der Waals surface area contributed by atoms with Crippen LogP contribution in [0.4, 0.5) is 0 Å². The molecule has 0 aromatic heterocycles. The zero-order valence-corrected chi connectivity index (χ0v) is 12.1. The van der Waals surface area contributed by atoms with Gasteiger partial charge in [0.15, 0.2) is 0 Å². The molecule has 0 bridgehead atoms. The third-order valence-electron chi connectivity index (χ3n) is 2.39. The van der Waals surface area contributed by atoms with Crippen molar-refractivity contribution in [3.8, 4) is 0 Å². The quantitative estimate of drug-likeness (QED) is 0.287. The van der Waals surface area contributed by atoms with Crippen LogP contribution in [0.3, 0.4) is 0 Å². The Morgan fingerprint density at radius 1 is 1.29 bits per heavy atom. The molecule has 17 heavy (non-hydrogen) atoms. The highest BCUT2D eigenvalue weighted by Crippen LogP contribution is 2.57. The monoisotopic (exact) mass is 304 g/mol. The van der Waals surface area contributed by atoms with Crippen LogP contribution in [-0.4, -0.2) is 65.6 Å². The standard InChI is InChI=1S/C9H19Cl2N2O3P/c10-2-4-12(5-3-11)17(15,13-6-7-13)16-9-1-8-14/h14H,1-9H2/t17-/m0/s1. The molecule has 0 saturated carbocycles.